The van der Waals surface area contributed by atoms with Crippen LogP contribution < -0.4 is 16.6 Å². The fraction of sp³-hybridized carbons (Fsp3) is 0.333. The number of hydrogen-bond acceptors (Lipinski definition) is 5. The molecule has 3 aromatic rings. The van der Waals surface area contributed by atoms with Crippen molar-refractivity contribution >= 4 is 16.8 Å². The van der Waals surface area contributed by atoms with E-state index in [9.17, 15) is 27.6 Å². The summed E-state index contributed by atoms with van der Waals surface area (Å²) >= 11 is 0. The third-order valence-electron chi connectivity index (χ3n) is 5.53. The van der Waals surface area contributed by atoms with Crippen LogP contribution in [0.3, 0.4) is 0 Å². The summed E-state index contributed by atoms with van der Waals surface area (Å²) in [5.41, 5.74) is -2.74. The Morgan fingerprint density at radius 1 is 1.22 bits per heavy atom. The van der Waals surface area contributed by atoms with Gasteiger partial charge >= 0.3 is 5.69 Å². The molecule has 32 heavy (non-hydrogen) atoms. The van der Waals surface area contributed by atoms with Crippen LogP contribution in [-0.4, -0.2) is 33.7 Å². The van der Waals surface area contributed by atoms with Gasteiger partial charge in [0.2, 0.25) is 5.91 Å². The van der Waals surface area contributed by atoms with Crippen LogP contribution in [-0.2, 0) is 9.53 Å². The molecule has 0 aliphatic carbocycles. The number of aromatic nitrogens is 3. The minimum atomic E-state index is -1.34. The van der Waals surface area contributed by atoms with Crippen LogP contribution in [0.4, 0.5) is 13.2 Å². The number of ether oxygens (including phenoxy) is 1. The molecule has 0 saturated carbocycles. The Labute approximate surface area is 179 Å². The van der Waals surface area contributed by atoms with Crippen LogP contribution in [0.15, 0.2) is 40.1 Å². The summed E-state index contributed by atoms with van der Waals surface area (Å²) in [5, 5.41) is 2.43. The average Bonchev–Trinajstić information content (AvgIpc) is 2.69. The van der Waals surface area contributed by atoms with Crippen LogP contribution in [0, 0.1) is 22.9 Å². The van der Waals surface area contributed by atoms with Crippen molar-refractivity contribution in [2.75, 3.05) is 13.2 Å². The van der Waals surface area contributed by atoms with E-state index < -0.39 is 52.1 Å². The lowest BCUT2D eigenvalue weighted by molar-refractivity contribution is -0.155. The van der Waals surface area contributed by atoms with Gasteiger partial charge < -0.3 is 15.0 Å². The van der Waals surface area contributed by atoms with E-state index in [-0.39, 0.29) is 29.8 Å². The number of hydrogen-bond donors (Lipinski definition) is 2. The van der Waals surface area contributed by atoms with Gasteiger partial charge in [-0.1, -0.05) is 6.92 Å². The van der Waals surface area contributed by atoms with E-state index in [0.29, 0.717) is 6.07 Å². The zero-order valence-corrected chi connectivity index (χ0v) is 17.1. The van der Waals surface area contributed by atoms with E-state index in [2.05, 4.69) is 15.3 Å². The third-order valence-corrected chi connectivity index (χ3v) is 5.53. The lowest BCUT2D eigenvalue weighted by Gasteiger charge is -2.43. The van der Waals surface area contributed by atoms with Gasteiger partial charge in [0.15, 0.2) is 0 Å². The summed E-state index contributed by atoms with van der Waals surface area (Å²) in [6.45, 7) is 3.25. The monoisotopic (exact) mass is 448 g/mol. The molecule has 4 rings (SSSR count). The maximum absolute atomic E-state index is 14.1. The number of pyridine rings is 1. The molecule has 3 heterocycles. The van der Waals surface area contributed by atoms with Crippen LogP contribution in [0.5, 0.6) is 0 Å². The van der Waals surface area contributed by atoms with Gasteiger partial charge in [-0.2, -0.15) is 0 Å². The molecule has 1 aliphatic heterocycles. The van der Waals surface area contributed by atoms with Crippen LogP contribution in [0.2, 0.25) is 0 Å². The quantitative estimate of drug-likeness (QED) is 0.621. The number of H-pyrrole nitrogens is 1. The molecule has 0 unspecified atom stereocenters. The number of nitrogens with one attached hydrogen (secondary N) is 2. The Bertz CT molecular complexity index is 1330. The summed E-state index contributed by atoms with van der Waals surface area (Å²) in [6.07, 6.45) is 0.812. The highest BCUT2D eigenvalue weighted by molar-refractivity contribution is 5.83. The first-order valence-corrected chi connectivity index (χ1v) is 9.74. The van der Waals surface area contributed by atoms with Crippen molar-refractivity contribution in [2.24, 2.45) is 5.41 Å². The topological polar surface area (TPSA) is 106 Å². The second-order valence-electron chi connectivity index (χ2n) is 8.10. The van der Waals surface area contributed by atoms with Crippen molar-refractivity contribution in [2.45, 2.75) is 25.9 Å². The van der Waals surface area contributed by atoms with Crippen LogP contribution in [0.1, 0.15) is 31.6 Å². The lowest BCUT2D eigenvalue weighted by Crippen LogP contribution is -2.57. The SMILES string of the molecule is C[C@H](NC(=O)[C@@H](n1c(=O)[nH]c2ccc(F)cc2c1=O)C1(C)COC1)c1ncc(F)cc1F. The number of benzene rings is 1. The number of carbonyl (C=O) groups is 1. The molecule has 0 bridgehead atoms. The molecule has 2 aromatic heterocycles. The van der Waals surface area contributed by atoms with Gasteiger partial charge in [-0.05, 0) is 25.1 Å². The zero-order chi connectivity index (χ0) is 23.2. The number of halogens is 3. The van der Waals surface area contributed by atoms with Gasteiger partial charge in [-0.25, -0.2) is 22.5 Å². The molecule has 2 atom stereocenters. The Morgan fingerprint density at radius 2 is 1.94 bits per heavy atom. The Hall–Kier alpha value is -3.47. The smallest absolute Gasteiger partial charge is 0.329 e. The normalized spacial score (nSPS) is 16.9. The lowest BCUT2D eigenvalue weighted by atomic mass is 9.79. The maximum atomic E-state index is 14.1. The van der Waals surface area contributed by atoms with Gasteiger partial charge in [-0.15, -0.1) is 0 Å². The van der Waals surface area contributed by atoms with Gasteiger partial charge in [0, 0.05) is 11.5 Å². The van der Waals surface area contributed by atoms with E-state index >= 15 is 0 Å². The van der Waals surface area contributed by atoms with E-state index in [1.807, 2.05) is 0 Å². The second-order valence-corrected chi connectivity index (χ2v) is 8.10. The van der Waals surface area contributed by atoms with E-state index in [1.165, 1.54) is 13.0 Å². The van der Waals surface area contributed by atoms with Crippen LogP contribution in [0.25, 0.3) is 10.9 Å². The number of rotatable bonds is 5. The zero-order valence-electron chi connectivity index (χ0n) is 17.1. The van der Waals surface area contributed by atoms with E-state index in [1.54, 1.807) is 6.92 Å². The highest BCUT2D eigenvalue weighted by Crippen LogP contribution is 2.38. The van der Waals surface area contributed by atoms with E-state index in [0.717, 1.165) is 22.9 Å². The molecule has 1 amide bonds. The fourth-order valence-corrected chi connectivity index (χ4v) is 3.87. The van der Waals surface area contributed by atoms with Gasteiger partial charge in [0.1, 0.15) is 23.5 Å². The summed E-state index contributed by atoms with van der Waals surface area (Å²) in [5.74, 6) is -3.27. The van der Waals surface area contributed by atoms with Crippen molar-refractivity contribution in [3.8, 4) is 0 Å². The number of nitrogens with zero attached hydrogens (tertiary/aromatic N) is 2. The standard InChI is InChI=1S/C21H19F3N4O4/c1-10(16-14(24)6-12(23)7-25-16)26-18(29)17(21(2)8-32-9-21)28-19(30)13-5-11(22)3-4-15(13)27-20(28)31/h3-7,10,17H,8-9H2,1-2H3,(H,26,29)(H,27,31)/t10-,17+/m0/s1. The highest BCUT2D eigenvalue weighted by atomic mass is 19.1. The molecule has 1 aliphatic rings. The molecule has 8 nitrogen and oxygen atoms in total. The minimum Gasteiger partial charge on any atom is -0.380 e. The van der Waals surface area contributed by atoms with Crippen molar-refractivity contribution in [1.82, 2.24) is 19.9 Å². The van der Waals surface area contributed by atoms with Gasteiger partial charge in [0.05, 0.1) is 42.0 Å². The van der Waals surface area contributed by atoms with Crippen LogP contribution >= 0.6 is 0 Å². The van der Waals surface area contributed by atoms with Crippen molar-refractivity contribution in [3.05, 3.63) is 74.4 Å². The third kappa shape index (κ3) is 3.68. The number of aromatic amines is 1. The predicted octanol–water partition coefficient (Wildman–Crippen LogP) is 1.96. The Kier molecular flexibility index (Phi) is 5.37. The van der Waals surface area contributed by atoms with Crippen molar-refractivity contribution < 1.29 is 22.7 Å². The second kappa shape index (κ2) is 7.90. The molecule has 0 radical (unpaired) electrons. The molecule has 1 fully saturated rings. The summed E-state index contributed by atoms with van der Waals surface area (Å²) in [6, 6.07) is 1.62. The van der Waals surface area contributed by atoms with Gasteiger partial charge in [-0.3, -0.25) is 14.6 Å². The minimum absolute atomic E-state index is 0.0791. The predicted molar refractivity (Wildman–Crippen MR) is 107 cm³/mol. The molecular weight excluding hydrogens is 429 g/mol. The first kappa shape index (κ1) is 21.8. The Morgan fingerprint density at radius 3 is 2.56 bits per heavy atom. The van der Waals surface area contributed by atoms with Gasteiger partial charge in [0.25, 0.3) is 5.56 Å². The number of carbonyl (C=O) groups excluding carboxylic acids is 1. The summed E-state index contributed by atoms with van der Waals surface area (Å²) in [7, 11) is 0. The van der Waals surface area contributed by atoms with Crippen molar-refractivity contribution in [1.29, 1.82) is 0 Å². The van der Waals surface area contributed by atoms with E-state index in [4.69, 9.17) is 4.74 Å². The summed E-state index contributed by atoms with van der Waals surface area (Å²) in [4.78, 5) is 45.4. The fourth-order valence-electron chi connectivity index (χ4n) is 3.87. The first-order chi connectivity index (χ1) is 15.1. The number of amides is 1. The molecule has 2 N–H and O–H groups in total. The molecule has 1 aromatic carbocycles. The first-order valence-electron chi connectivity index (χ1n) is 9.74. The highest BCUT2D eigenvalue weighted by Gasteiger charge is 2.48. The average molecular weight is 448 g/mol. The summed E-state index contributed by atoms with van der Waals surface area (Å²) < 4.78 is 47.0. The molecule has 11 heteroatoms. The molecular formula is C21H19F3N4O4. The largest absolute Gasteiger partial charge is 0.380 e. The number of fused-ring (bicyclic) bond motifs is 1. The molecule has 168 valence electrons. The van der Waals surface area contributed by atoms with Crippen molar-refractivity contribution in [3.63, 3.8) is 0 Å². The molecule has 0 spiro atoms. The Balaban J connectivity index is 1.78. The maximum Gasteiger partial charge on any atom is 0.329 e. The molecule has 1 saturated heterocycles.